The van der Waals surface area contributed by atoms with Gasteiger partial charge in [0.05, 0.1) is 0 Å². The predicted molar refractivity (Wildman–Crippen MR) is 67.8 cm³/mol. The summed E-state index contributed by atoms with van der Waals surface area (Å²) in [6.07, 6.45) is 6.37. The number of rotatable bonds is 1. The Kier molecular flexibility index (Phi) is 2.60. The number of nitrogens with zero attached hydrogens (tertiary/aromatic N) is 1. The van der Waals surface area contributed by atoms with Crippen molar-refractivity contribution in [3.8, 4) is 0 Å². The average Bonchev–Trinajstić information content (AvgIpc) is 2.72. The van der Waals surface area contributed by atoms with Crippen LogP contribution < -0.4 is 10.6 Å². The molecule has 1 aliphatic carbocycles. The van der Waals surface area contributed by atoms with Crippen molar-refractivity contribution in [3.05, 3.63) is 29.3 Å². The monoisotopic (exact) mass is 216 g/mol. The summed E-state index contributed by atoms with van der Waals surface area (Å²) >= 11 is 0. The van der Waals surface area contributed by atoms with E-state index in [-0.39, 0.29) is 6.04 Å². The van der Waals surface area contributed by atoms with Gasteiger partial charge in [0.2, 0.25) is 0 Å². The molecule has 2 nitrogen and oxygen atoms in total. The Bertz CT molecular complexity index is 380. The molecule has 86 valence electrons. The smallest absolute Gasteiger partial charge is 0.0369 e. The highest BCUT2D eigenvalue weighted by atomic mass is 15.1. The Morgan fingerprint density at radius 3 is 2.75 bits per heavy atom. The van der Waals surface area contributed by atoms with Crippen molar-refractivity contribution in [2.45, 2.75) is 38.1 Å². The van der Waals surface area contributed by atoms with Gasteiger partial charge in [-0.3, -0.25) is 0 Å². The maximum absolute atomic E-state index is 6.06. The van der Waals surface area contributed by atoms with E-state index in [2.05, 4.69) is 23.1 Å². The standard InChI is InChI=1S/C14H20N2/c15-14-7-4-11-10-12(5-6-13(11)14)16-8-2-1-3-9-16/h5-6,10,14H,1-4,7-9,15H2/t14-/m0/s1. The van der Waals surface area contributed by atoms with Gasteiger partial charge >= 0.3 is 0 Å². The molecule has 1 aliphatic heterocycles. The molecule has 1 aromatic rings. The van der Waals surface area contributed by atoms with Gasteiger partial charge in [-0.1, -0.05) is 6.07 Å². The van der Waals surface area contributed by atoms with Crippen LogP contribution in [0.2, 0.25) is 0 Å². The summed E-state index contributed by atoms with van der Waals surface area (Å²) in [6, 6.07) is 7.16. The van der Waals surface area contributed by atoms with Crippen LogP contribution in [0.4, 0.5) is 5.69 Å². The topological polar surface area (TPSA) is 29.3 Å². The third kappa shape index (κ3) is 1.71. The van der Waals surface area contributed by atoms with Crippen molar-refractivity contribution < 1.29 is 0 Å². The number of aryl methyl sites for hydroxylation is 1. The van der Waals surface area contributed by atoms with Gasteiger partial charge in [0.25, 0.3) is 0 Å². The highest BCUT2D eigenvalue weighted by Crippen LogP contribution is 2.32. The quantitative estimate of drug-likeness (QED) is 0.782. The van der Waals surface area contributed by atoms with Gasteiger partial charge in [-0.25, -0.2) is 0 Å². The zero-order valence-corrected chi connectivity index (χ0v) is 9.78. The van der Waals surface area contributed by atoms with Crippen LogP contribution in [0.5, 0.6) is 0 Å². The molecule has 3 rings (SSSR count). The number of fused-ring (bicyclic) bond motifs is 1. The minimum Gasteiger partial charge on any atom is -0.372 e. The van der Waals surface area contributed by atoms with Crippen molar-refractivity contribution in [3.63, 3.8) is 0 Å². The van der Waals surface area contributed by atoms with E-state index < -0.39 is 0 Å². The van der Waals surface area contributed by atoms with Crippen molar-refractivity contribution in [1.82, 2.24) is 0 Å². The number of hydrogen-bond donors (Lipinski definition) is 1. The van der Waals surface area contributed by atoms with E-state index in [1.165, 1.54) is 49.2 Å². The lowest BCUT2D eigenvalue weighted by Crippen LogP contribution is -2.29. The molecule has 0 amide bonds. The van der Waals surface area contributed by atoms with Gasteiger partial charge in [-0.05, 0) is 55.4 Å². The fourth-order valence-electron chi connectivity index (χ4n) is 2.99. The van der Waals surface area contributed by atoms with Gasteiger partial charge in [-0.15, -0.1) is 0 Å². The van der Waals surface area contributed by atoms with Crippen LogP contribution in [0.1, 0.15) is 42.9 Å². The number of benzene rings is 1. The molecule has 1 saturated heterocycles. The van der Waals surface area contributed by atoms with Crippen LogP contribution in [0.3, 0.4) is 0 Å². The van der Waals surface area contributed by atoms with Crippen LogP contribution in [0.25, 0.3) is 0 Å². The van der Waals surface area contributed by atoms with E-state index in [9.17, 15) is 0 Å². The van der Waals surface area contributed by atoms with E-state index in [4.69, 9.17) is 5.73 Å². The molecule has 1 fully saturated rings. The van der Waals surface area contributed by atoms with Gasteiger partial charge in [-0.2, -0.15) is 0 Å². The molecule has 16 heavy (non-hydrogen) atoms. The van der Waals surface area contributed by atoms with Gasteiger partial charge in [0, 0.05) is 24.8 Å². The molecule has 2 aliphatic rings. The minimum atomic E-state index is 0.283. The van der Waals surface area contributed by atoms with Gasteiger partial charge < -0.3 is 10.6 Å². The summed E-state index contributed by atoms with van der Waals surface area (Å²) in [5, 5.41) is 0. The lowest BCUT2D eigenvalue weighted by atomic mass is 10.1. The summed E-state index contributed by atoms with van der Waals surface area (Å²) in [4.78, 5) is 2.52. The van der Waals surface area contributed by atoms with Crippen molar-refractivity contribution in [2.75, 3.05) is 18.0 Å². The zero-order valence-electron chi connectivity index (χ0n) is 9.78. The molecule has 1 aromatic carbocycles. The van der Waals surface area contributed by atoms with Crippen LogP contribution in [0, 0.1) is 0 Å². The Morgan fingerprint density at radius 2 is 1.94 bits per heavy atom. The third-order valence-corrected chi connectivity index (χ3v) is 3.97. The molecule has 0 unspecified atom stereocenters. The molecule has 0 spiro atoms. The number of anilines is 1. The van der Waals surface area contributed by atoms with E-state index in [0.29, 0.717) is 0 Å². The van der Waals surface area contributed by atoms with E-state index in [1.54, 1.807) is 0 Å². The number of nitrogens with two attached hydrogens (primary N) is 1. The number of piperidine rings is 1. The summed E-state index contributed by atoms with van der Waals surface area (Å²) in [7, 11) is 0. The SMILES string of the molecule is N[C@H]1CCc2cc(N3CCCCC3)ccc21. The third-order valence-electron chi connectivity index (χ3n) is 3.97. The predicted octanol–water partition coefficient (Wildman–Crippen LogP) is 2.62. The van der Waals surface area contributed by atoms with Crippen LogP contribution >= 0.6 is 0 Å². The normalized spacial score (nSPS) is 24.6. The molecule has 0 bridgehead atoms. The molecule has 2 N–H and O–H groups in total. The van der Waals surface area contributed by atoms with Crippen LogP contribution in [-0.4, -0.2) is 13.1 Å². The summed E-state index contributed by atoms with van der Waals surface area (Å²) < 4.78 is 0. The van der Waals surface area contributed by atoms with Crippen molar-refractivity contribution in [1.29, 1.82) is 0 Å². The van der Waals surface area contributed by atoms with Crippen molar-refractivity contribution in [2.24, 2.45) is 5.73 Å². The molecular weight excluding hydrogens is 196 g/mol. The lowest BCUT2D eigenvalue weighted by Gasteiger charge is -2.29. The Labute approximate surface area is 97.4 Å². The second-order valence-electron chi connectivity index (χ2n) is 5.08. The molecule has 0 radical (unpaired) electrons. The Hall–Kier alpha value is -1.02. The number of hydrogen-bond acceptors (Lipinski definition) is 2. The first kappa shape index (κ1) is 10.2. The first-order valence-electron chi connectivity index (χ1n) is 6.48. The molecule has 0 aromatic heterocycles. The van der Waals surface area contributed by atoms with E-state index >= 15 is 0 Å². The fourth-order valence-corrected chi connectivity index (χ4v) is 2.99. The Morgan fingerprint density at radius 1 is 1.12 bits per heavy atom. The molecule has 2 heteroatoms. The maximum atomic E-state index is 6.06. The second-order valence-corrected chi connectivity index (χ2v) is 5.08. The molecule has 1 atom stereocenters. The Balaban J connectivity index is 1.86. The largest absolute Gasteiger partial charge is 0.372 e. The highest BCUT2D eigenvalue weighted by molar-refractivity contribution is 5.53. The minimum absolute atomic E-state index is 0.283. The first-order chi connectivity index (χ1) is 7.84. The lowest BCUT2D eigenvalue weighted by molar-refractivity contribution is 0.577. The maximum Gasteiger partial charge on any atom is 0.0369 e. The molecular formula is C14H20N2. The molecule has 1 heterocycles. The zero-order chi connectivity index (χ0) is 11.0. The van der Waals surface area contributed by atoms with Crippen LogP contribution in [-0.2, 0) is 6.42 Å². The van der Waals surface area contributed by atoms with E-state index in [0.717, 1.165) is 12.8 Å². The van der Waals surface area contributed by atoms with Gasteiger partial charge in [0.1, 0.15) is 0 Å². The van der Waals surface area contributed by atoms with Gasteiger partial charge in [0.15, 0.2) is 0 Å². The summed E-state index contributed by atoms with van der Waals surface area (Å²) in [6.45, 7) is 2.45. The average molecular weight is 216 g/mol. The first-order valence-corrected chi connectivity index (χ1v) is 6.48. The van der Waals surface area contributed by atoms with E-state index in [1.807, 2.05) is 0 Å². The van der Waals surface area contributed by atoms with Crippen molar-refractivity contribution >= 4 is 5.69 Å². The summed E-state index contributed by atoms with van der Waals surface area (Å²) in [5.41, 5.74) is 10.3. The second kappa shape index (κ2) is 4.10. The highest BCUT2D eigenvalue weighted by Gasteiger charge is 2.20. The fraction of sp³-hybridized carbons (Fsp3) is 0.571. The summed E-state index contributed by atoms with van der Waals surface area (Å²) in [5.74, 6) is 0. The molecule has 0 saturated carbocycles. The van der Waals surface area contributed by atoms with Crippen LogP contribution in [0.15, 0.2) is 18.2 Å².